The summed E-state index contributed by atoms with van der Waals surface area (Å²) in [4.78, 5) is 12.8. The zero-order valence-corrected chi connectivity index (χ0v) is 14.6. The highest BCUT2D eigenvalue weighted by molar-refractivity contribution is 5.96. The number of rotatable bonds is 2. The highest BCUT2D eigenvalue weighted by Gasteiger charge is 2.76. The largest absolute Gasteiger partial charge is 0.396 e. The summed E-state index contributed by atoms with van der Waals surface area (Å²) in [6, 6.07) is 0. The van der Waals surface area contributed by atoms with Crippen LogP contribution in [0.3, 0.4) is 0 Å². The van der Waals surface area contributed by atoms with Gasteiger partial charge in [0.05, 0.1) is 0 Å². The smallest absolute Gasteiger partial charge is 0.161 e. The average Bonchev–Trinajstić information content (AvgIpc) is 3.11. The normalized spacial score (nSPS) is 57.4. The number of fused-ring (bicyclic) bond motifs is 2. The number of hydrogen-bond donors (Lipinski definition) is 2. The number of carbonyl (C=O) groups is 1. The molecule has 0 aromatic carbocycles. The molecule has 0 unspecified atom stereocenters. The maximum Gasteiger partial charge on any atom is 0.161 e. The number of carbonyl (C=O) groups excluding carboxylic acids is 1. The first-order chi connectivity index (χ1) is 10.8. The molecule has 128 valence electrons. The van der Waals surface area contributed by atoms with Crippen LogP contribution in [-0.2, 0) is 4.79 Å². The first-order valence-electron chi connectivity index (χ1n) is 9.24. The number of hydrogen-bond acceptors (Lipinski definition) is 3. The third-order valence-electron chi connectivity index (χ3n) is 8.86. The van der Waals surface area contributed by atoms with E-state index in [-0.39, 0.29) is 40.7 Å². The van der Waals surface area contributed by atoms with Crippen molar-refractivity contribution < 1.29 is 15.0 Å². The molecular weight excluding hydrogens is 288 g/mol. The van der Waals surface area contributed by atoms with Crippen molar-refractivity contribution in [2.75, 3.05) is 13.2 Å². The number of ketones is 1. The second kappa shape index (κ2) is 4.49. The molecule has 4 rings (SSSR count). The number of aliphatic hydroxyl groups excluding tert-OH is 2. The fourth-order valence-corrected chi connectivity index (χ4v) is 7.76. The van der Waals surface area contributed by atoms with E-state index in [4.69, 9.17) is 0 Å². The predicted octanol–water partition coefficient (Wildman–Crippen LogP) is 2.96. The van der Waals surface area contributed by atoms with E-state index in [1.807, 2.05) is 6.08 Å². The van der Waals surface area contributed by atoms with E-state index in [0.29, 0.717) is 17.8 Å². The minimum absolute atomic E-state index is 0.0247. The average molecular weight is 318 g/mol. The van der Waals surface area contributed by atoms with Gasteiger partial charge in [-0.2, -0.15) is 0 Å². The maximum atomic E-state index is 12.8. The Hall–Kier alpha value is -0.670. The topological polar surface area (TPSA) is 57.5 Å². The summed E-state index contributed by atoms with van der Waals surface area (Å²) < 4.78 is 0. The summed E-state index contributed by atoms with van der Waals surface area (Å²) in [5.74, 6) is 1.45. The first-order valence-corrected chi connectivity index (χ1v) is 9.24. The van der Waals surface area contributed by atoms with Crippen molar-refractivity contribution in [3.8, 4) is 0 Å². The van der Waals surface area contributed by atoms with Crippen LogP contribution in [0.5, 0.6) is 0 Å². The van der Waals surface area contributed by atoms with E-state index >= 15 is 0 Å². The predicted molar refractivity (Wildman–Crippen MR) is 88.6 cm³/mol. The molecule has 0 bridgehead atoms. The van der Waals surface area contributed by atoms with Crippen LogP contribution in [0.4, 0.5) is 0 Å². The van der Waals surface area contributed by atoms with Gasteiger partial charge in [0, 0.05) is 18.6 Å². The van der Waals surface area contributed by atoms with Gasteiger partial charge in [0.15, 0.2) is 5.78 Å². The molecule has 0 radical (unpaired) electrons. The summed E-state index contributed by atoms with van der Waals surface area (Å²) in [7, 11) is 0. The molecule has 0 aromatic heterocycles. The fraction of sp³-hybridized carbons (Fsp3) is 0.850. The summed E-state index contributed by atoms with van der Waals surface area (Å²) in [6.45, 7) is 7.04. The van der Waals surface area contributed by atoms with Gasteiger partial charge in [-0.3, -0.25) is 4.79 Å². The monoisotopic (exact) mass is 318 g/mol. The van der Waals surface area contributed by atoms with Crippen LogP contribution in [0.2, 0.25) is 0 Å². The van der Waals surface area contributed by atoms with Crippen LogP contribution < -0.4 is 0 Å². The third-order valence-corrected chi connectivity index (χ3v) is 8.86. The molecule has 0 aromatic rings. The standard InChI is InChI=1S/C20H30O3/c1-13-4-5-15(23)18(3)7-6-14-16-17(2,11-21)8-9-19(16,12-22)10-20(13,14)18/h4-5,13-14,16,21-22H,6-12H2,1-3H3/t13-,14-,16+,17+,18-,19+,20-/m1/s1. The van der Waals surface area contributed by atoms with Crippen LogP contribution in [0.15, 0.2) is 12.2 Å². The minimum Gasteiger partial charge on any atom is -0.396 e. The van der Waals surface area contributed by atoms with Crippen molar-refractivity contribution in [2.24, 2.45) is 39.4 Å². The van der Waals surface area contributed by atoms with E-state index in [0.717, 1.165) is 32.1 Å². The van der Waals surface area contributed by atoms with Gasteiger partial charge in [0.1, 0.15) is 0 Å². The molecule has 3 heteroatoms. The second-order valence-corrected chi connectivity index (χ2v) is 9.52. The molecule has 0 heterocycles. The highest BCUT2D eigenvalue weighted by Crippen LogP contribution is 2.79. The summed E-state index contributed by atoms with van der Waals surface area (Å²) in [5, 5.41) is 20.5. The molecule has 1 spiro atoms. The second-order valence-electron chi connectivity index (χ2n) is 9.52. The summed E-state index contributed by atoms with van der Waals surface area (Å²) in [5.41, 5.74) is -0.507. The van der Waals surface area contributed by atoms with Crippen LogP contribution >= 0.6 is 0 Å². The van der Waals surface area contributed by atoms with Gasteiger partial charge in [-0.25, -0.2) is 0 Å². The van der Waals surface area contributed by atoms with E-state index in [2.05, 4.69) is 26.8 Å². The maximum absolute atomic E-state index is 12.8. The molecule has 7 atom stereocenters. The van der Waals surface area contributed by atoms with Gasteiger partial charge in [-0.05, 0) is 72.2 Å². The van der Waals surface area contributed by atoms with Crippen molar-refractivity contribution in [3.05, 3.63) is 12.2 Å². The van der Waals surface area contributed by atoms with Crippen LogP contribution in [-0.4, -0.2) is 29.2 Å². The molecule has 23 heavy (non-hydrogen) atoms. The van der Waals surface area contributed by atoms with Crippen molar-refractivity contribution >= 4 is 5.78 Å². The molecule has 3 fully saturated rings. The van der Waals surface area contributed by atoms with E-state index < -0.39 is 0 Å². The molecule has 3 nitrogen and oxygen atoms in total. The van der Waals surface area contributed by atoms with Gasteiger partial charge in [0.2, 0.25) is 0 Å². The Balaban J connectivity index is 1.90. The quantitative estimate of drug-likeness (QED) is 0.823. The summed E-state index contributed by atoms with van der Waals surface area (Å²) in [6.07, 6.45) is 8.89. The Morgan fingerprint density at radius 2 is 1.91 bits per heavy atom. The Morgan fingerprint density at radius 3 is 2.57 bits per heavy atom. The lowest BCUT2D eigenvalue weighted by molar-refractivity contribution is -0.134. The fourth-order valence-electron chi connectivity index (χ4n) is 7.76. The van der Waals surface area contributed by atoms with Crippen molar-refractivity contribution in [2.45, 2.75) is 52.9 Å². The summed E-state index contributed by atoms with van der Waals surface area (Å²) >= 11 is 0. The van der Waals surface area contributed by atoms with Crippen LogP contribution in [0, 0.1) is 39.4 Å². The van der Waals surface area contributed by atoms with Gasteiger partial charge in [-0.15, -0.1) is 0 Å². The molecule has 0 aliphatic heterocycles. The van der Waals surface area contributed by atoms with Gasteiger partial charge in [0.25, 0.3) is 0 Å². The highest BCUT2D eigenvalue weighted by atomic mass is 16.3. The zero-order valence-electron chi connectivity index (χ0n) is 14.6. The van der Waals surface area contributed by atoms with E-state index in [1.54, 1.807) is 0 Å². The van der Waals surface area contributed by atoms with Crippen molar-refractivity contribution in [3.63, 3.8) is 0 Å². The molecule has 4 aliphatic rings. The van der Waals surface area contributed by atoms with Gasteiger partial charge in [-0.1, -0.05) is 26.8 Å². The molecule has 0 saturated heterocycles. The Labute approximate surface area is 139 Å². The number of allylic oxidation sites excluding steroid dienone is 2. The van der Waals surface area contributed by atoms with Crippen LogP contribution in [0.1, 0.15) is 52.9 Å². The van der Waals surface area contributed by atoms with E-state index in [1.165, 1.54) is 0 Å². The lowest BCUT2D eigenvalue weighted by atomic mass is 9.52. The Bertz CT molecular complexity index is 583. The van der Waals surface area contributed by atoms with E-state index in [9.17, 15) is 15.0 Å². The van der Waals surface area contributed by atoms with Crippen LogP contribution in [0.25, 0.3) is 0 Å². The van der Waals surface area contributed by atoms with Crippen molar-refractivity contribution in [1.82, 2.24) is 0 Å². The molecule has 2 N–H and O–H groups in total. The Kier molecular flexibility index (Phi) is 3.09. The minimum atomic E-state index is -0.283. The SMILES string of the molecule is C[C@@H]1C=CC(=O)[C@@]2(C)CC[C@@H]3[C@H]4[C@](C)(CO)CC[C@@]4(CO)C[C@@]132. The van der Waals surface area contributed by atoms with Crippen molar-refractivity contribution in [1.29, 1.82) is 0 Å². The lowest BCUT2D eigenvalue weighted by Gasteiger charge is -2.50. The first kappa shape index (κ1) is 15.8. The molecule has 3 saturated carbocycles. The third kappa shape index (κ3) is 1.52. The number of aliphatic hydroxyl groups is 2. The molecule has 0 amide bonds. The molecular formula is C20H30O3. The van der Waals surface area contributed by atoms with Gasteiger partial charge >= 0.3 is 0 Å². The lowest BCUT2D eigenvalue weighted by Crippen LogP contribution is -2.50. The van der Waals surface area contributed by atoms with Gasteiger partial charge < -0.3 is 10.2 Å². The Morgan fingerprint density at radius 1 is 1.17 bits per heavy atom. The molecule has 4 aliphatic carbocycles. The zero-order chi connectivity index (χ0) is 16.7.